The van der Waals surface area contributed by atoms with Crippen molar-refractivity contribution in [2.75, 3.05) is 25.5 Å². The van der Waals surface area contributed by atoms with Crippen molar-refractivity contribution in [3.8, 4) is 0 Å². The number of aromatic nitrogens is 1. The fraction of sp³-hybridized carbons (Fsp3) is 0.500. The maximum Gasteiger partial charge on any atom is 0.337 e. The van der Waals surface area contributed by atoms with Crippen LogP contribution in [-0.2, 0) is 0 Å². The summed E-state index contributed by atoms with van der Waals surface area (Å²) in [4.78, 5) is 17.1. The van der Waals surface area contributed by atoms with Gasteiger partial charge in [-0.1, -0.05) is 0 Å². The number of hydrogen-bond donors (Lipinski definition) is 2. The van der Waals surface area contributed by atoms with Crippen molar-refractivity contribution in [3.05, 3.63) is 23.9 Å². The molecule has 0 atom stereocenters. The highest BCUT2D eigenvalue weighted by Gasteiger charge is 2.16. The topological polar surface area (TPSA) is 65.5 Å². The number of aromatic carboxylic acids is 1. The number of nitrogens with one attached hydrogen (secondary N) is 1. The Labute approximate surface area is 100 Å². The molecule has 2 N–H and O–H groups in total. The van der Waals surface area contributed by atoms with E-state index in [1.54, 1.807) is 12.1 Å². The zero-order chi connectivity index (χ0) is 12.3. The van der Waals surface area contributed by atoms with E-state index in [1.165, 1.54) is 6.20 Å². The van der Waals surface area contributed by atoms with Gasteiger partial charge in [-0.05, 0) is 45.1 Å². The van der Waals surface area contributed by atoms with Crippen molar-refractivity contribution in [3.63, 3.8) is 0 Å². The number of carboxylic acid groups (broad SMARTS) is 1. The molecule has 0 radical (unpaired) electrons. The van der Waals surface area contributed by atoms with Gasteiger partial charge in [0.05, 0.1) is 5.56 Å². The lowest BCUT2D eigenvalue weighted by molar-refractivity contribution is 0.0696. The minimum atomic E-state index is -0.941. The number of piperidine rings is 1. The van der Waals surface area contributed by atoms with E-state index in [2.05, 4.69) is 22.2 Å². The van der Waals surface area contributed by atoms with Crippen LogP contribution in [-0.4, -0.2) is 47.1 Å². The minimum absolute atomic E-state index is 0.221. The zero-order valence-electron chi connectivity index (χ0n) is 9.89. The number of carboxylic acids is 1. The summed E-state index contributed by atoms with van der Waals surface area (Å²) in [7, 11) is 2.12. The van der Waals surface area contributed by atoms with E-state index in [0.29, 0.717) is 6.04 Å². The summed E-state index contributed by atoms with van der Waals surface area (Å²) in [5.41, 5.74) is 0.221. The van der Waals surface area contributed by atoms with Gasteiger partial charge < -0.3 is 15.3 Å². The number of likely N-dealkylation sites (tertiary alicyclic amines) is 1. The quantitative estimate of drug-likeness (QED) is 0.826. The standard InChI is InChI=1S/C12H17N3O2/c1-15-6-4-10(5-7-15)14-11-3-2-9(8-13-11)12(16)17/h2-3,8,10H,4-7H2,1H3,(H,13,14)(H,16,17). The third kappa shape index (κ3) is 3.17. The molecule has 1 aromatic rings. The van der Waals surface area contributed by atoms with E-state index in [1.807, 2.05) is 0 Å². The van der Waals surface area contributed by atoms with Crippen LogP contribution in [0.4, 0.5) is 5.82 Å². The maximum atomic E-state index is 10.7. The van der Waals surface area contributed by atoms with Crippen LogP contribution < -0.4 is 5.32 Å². The average Bonchev–Trinajstić information content (AvgIpc) is 2.33. The average molecular weight is 235 g/mol. The predicted molar refractivity (Wildman–Crippen MR) is 65.3 cm³/mol. The van der Waals surface area contributed by atoms with Crippen LogP contribution in [0.5, 0.6) is 0 Å². The summed E-state index contributed by atoms with van der Waals surface area (Å²) in [6.45, 7) is 2.18. The van der Waals surface area contributed by atoms with E-state index in [4.69, 9.17) is 5.11 Å². The molecule has 0 spiro atoms. The van der Waals surface area contributed by atoms with Gasteiger partial charge in [0.1, 0.15) is 5.82 Å². The fourth-order valence-electron chi connectivity index (χ4n) is 1.97. The summed E-state index contributed by atoms with van der Waals surface area (Å²) in [5.74, 6) is -0.187. The molecule has 2 rings (SSSR count). The van der Waals surface area contributed by atoms with Gasteiger partial charge >= 0.3 is 5.97 Å². The number of hydrogen-bond acceptors (Lipinski definition) is 4. The van der Waals surface area contributed by atoms with Crippen LogP contribution in [0.1, 0.15) is 23.2 Å². The number of nitrogens with zero attached hydrogens (tertiary/aromatic N) is 2. The number of carbonyl (C=O) groups is 1. The normalized spacial score (nSPS) is 17.9. The van der Waals surface area contributed by atoms with Gasteiger partial charge in [0.2, 0.25) is 0 Å². The van der Waals surface area contributed by atoms with Crippen LogP contribution >= 0.6 is 0 Å². The first kappa shape index (κ1) is 11.9. The lowest BCUT2D eigenvalue weighted by Crippen LogP contribution is -2.36. The molecule has 0 amide bonds. The van der Waals surface area contributed by atoms with Crippen molar-refractivity contribution >= 4 is 11.8 Å². The third-order valence-electron chi connectivity index (χ3n) is 3.08. The van der Waals surface area contributed by atoms with Gasteiger partial charge in [0, 0.05) is 12.2 Å². The molecule has 0 saturated carbocycles. The molecule has 1 aliphatic rings. The molecule has 1 aromatic heterocycles. The number of anilines is 1. The Balaban J connectivity index is 1.92. The van der Waals surface area contributed by atoms with Crippen LogP contribution in [0.3, 0.4) is 0 Å². The Bertz CT molecular complexity index is 383. The fourth-order valence-corrected chi connectivity index (χ4v) is 1.97. The van der Waals surface area contributed by atoms with Crippen molar-refractivity contribution < 1.29 is 9.90 Å². The zero-order valence-corrected chi connectivity index (χ0v) is 9.89. The van der Waals surface area contributed by atoms with E-state index < -0.39 is 5.97 Å². The third-order valence-corrected chi connectivity index (χ3v) is 3.08. The Kier molecular flexibility index (Phi) is 3.58. The highest BCUT2D eigenvalue weighted by molar-refractivity contribution is 5.87. The molecule has 1 fully saturated rings. The summed E-state index contributed by atoms with van der Waals surface area (Å²) in [5, 5.41) is 12.1. The molecular formula is C12H17N3O2. The highest BCUT2D eigenvalue weighted by atomic mass is 16.4. The van der Waals surface area contributed by atoms with E-state index in [-0.39, 0.29) is 5.56 Å². The maximum absolute atomic E-state index is 10.7. The largest absolute Gasteiger partial charge is 0.478 e. The van der Waals surface area contributed by atoms with Crippen molar-refractivity contribution in [2.24, 2.45) is 0 Å². The van der Waals surface area contributed by atoms with E-state index in [9.17, 15) is 4.79 Å². The number of pyridine rings is 1. The molecule has 17 heavy (non-hydrogen) atoms. The second-order valence-corrected chi connectivity index (χ2v) is 4.46. The van der Waals surface area contributed by atoms with Crippen LogP contribution in [0.2, 0.25) is 0 Å². The Morgan fingerprint density at radius 1 is 1.47 bits per heavy atom. The Morgan fingerprint density at radius 3 is 2.71 bits per heavy atom. The van der Waals surface area contributed by atoms with E-state index in [0.717, 1.165) is 31.7 Å². The van der Waals surface area contributed by atoms with Gasteiger partial charge in [-0.15, -0.1) is 0 Å². The molecule has 0 aliphatic carbocycles. The Hall–Kier alpha value is -1.62. The molecule has 1 saturated heterocycles. The summed E-state index contributed by atoms with van der Waals surface area (Å²) >= 11 is 0. The first-order valence-corrected chi connectivity index (χ1v) is 5.79. The van der Waals surface area contributed by atoms with Gasteiger partial charge in [-0.2, -0.15) is 0 Å². The SMILES string of the molecule is CN1CCC(Nc2ccc(C(=O)O)cn2)CC1. The predicted octanol–water partition coefficient (Wildman–Crippen LogP) is 1.29. The van der Waals surface area contributed by atoms with E-state index >= 15 is 0 Å². The monoisotopic (exact) mass is 235 g/mol. The lowest BCUT2D eigenvalue weighted by Gasteiger charge is -2.29. The second-order valence-electron chi connectivity index (χ2n) is 4.46. The molecular weight excluding hydrogens is 218 g/mol. The highest BCUT2D eigenvalue weighted by Crippen LogP contribution is 2.14. The molecule has 0 bridgehead atoms. The van der Waals surface area contributed by atoms with Crippen molar-refractivity contribution in [1.29, 1.82) is 0 Å². The smallest absolute Gasteiger partial charge is 0.337 e. The van der Waals surface area contributed by atoms with Gasteiger partial charge in [-0.25, -0.2) is 9.78 Å². The number of rotatable bonds is 3. The van der Waals surface area contributed by atoms with Crippen molar-refractivity contribution in [2.45, 2.75) is 18.9 Å². The first-order chi connectivity index (χ1) is 8.15. The van der Waals surface area contributed by atoms with Gasteiger partial charge in [0.25, 0.3) is 0 Å². The molecule has 0 aromatic carbocycles. The summed E-state index contributed by atoms with van der Waals surface area (Å²) < 4.78 is 0. The second kappa shape index (κ2) is 5.14. The molecule has 92 valence electrons. The molecule has 1 aliphatic heterocycles. The molecule has 2 heterocycles. The van der Waals surface area contributed by atoms with Crippen LogP contribution in [0.15, 0.2) is 18.3 Å². The summed E-state index contributed by atoms with van der Waals surface area (Å²) in [6.07, 6.45) is 3.58. The Morgan fingerprint density at radius 2 is 2.18 bits per heavy atom. The molecule has 0 unspecified atom stereocenters. The first-order valence-electron chi connectivity index (χ1n) is 5.79. The van der Waals surface area contributed by atoms with Crippen molar-refractivity contribution in [1.82, 2.24) is 9.88 Å². The lowest BCUT2D eigenvalue weighted by atomic mass is 10.1. The minimum Gasteiger partial charge on any atom is -0.478 e. The van der Waals surface area contributed by atoms with Gasteiger partial charge in [0.15, 0.2) is 0 Å². The van der Waals surface area contributed by atoms with Gasteiger partial charge in [-0.3, -0.25) is 0 Å². The van der Waals surface area contributed by atoms with Crippen LogP contribution in [0, 0.1) is 0 Å². The molecule has 5 nitrogen and oxygen atoms in total. The van der Waals surface area contributed by atoms with Crippen LogP contribution in [0.25, 0.3) is 0 Å². The molecule has 5 heteroatoms. The summed E-state index contributed by atoms with van der Waals surface area (Å²) in [6, 6.07) is 3.74.